The number of hydrogen-bond donors (Lipinski definition) is 2. The first-order valence-corrected chi connectivity index (χ1v) is 6.83. The molecule has 0 radical (unpaired) electrons. The third-order valence-electron chi connectivity index (χ3n) is 3.34. The van der Waals surface area contributed by atoms with Crippen molar-refractivity contribution in [2.24, 2.45) is 5.84 Å². The number of aryl methyl sites for hydroxylation is 1. The molecule has 2 rings (SSSR count). The van der Waals surface area contributed by atoms with Crippen LogP contribution in [-0.2, 0) is 6.61 Å². The van der Waals surface area contributed by atoms with E-state index in [0.29, 0.717) is 11.5 Å². The van der Waals surface area contributed by atoms with E-state index in [2.05, 4.69) is 26.8 Å². The van der Waals surface area contributed by atoms with Gasteiger partial charge in [-0.3, -0.25) is 10.2 Å². The Labute approximate surface area is 124 Å². The number of carbonyl (C=O) groups is 1. The van der Waals surface area contributed by atoms with Gasteiger partial charge in [0.15, 0.2) is 5.76 Å². The molecule has 0 saturated carbocycles. The summed E-state index contributed by atoms with van der Waals surface area (Å²) in [5.74, 6) is 6.05. The molecule has 1 aromatic heterocycles. The summed E-state index contributed by atoms with van der Waals surface area (Å²) in [6.07, 6.45) is 1.44. The average molecular weight is 288 g/mol. The molecule has 0 aliphatic carbocycles. The molecular weight excluding hydrogens is 268 g/mol. The van der Waals surface area contributed by atoms with Gasteiger partial charge in [0.2, 0.25) is 0 Å². The van der Waals surface area contributed by atoms with Crippen molar-refractivity contribution in [3.8, 4) is 5.75 Å². The number of hydrogen-bond acceptors (Lipinski definition) is 4. The first-order valence-electron chi connectivity index (χ1n) is 6.83. The highest BCUT2D eigenvalue weighted by Crippen LogP contribution is 2.24. The van der Waals surface area contributed by atoms with Gasteiger partial charge in [-0.1, -0.05) is 19.9 Å². The SMILES string of the molecule is Cc1cc(OCc2ccoc2C(=O)NN)ccc1C(C)C. The van der Waals surface area contributed by atoms with Gasteiger partial charge in [-0.05, 0) is 42.2 Å². The maximum absolute atomic E-state index is 11.5. The van der Waals surface area contributed by atoms with E-state index in [1.807, 2.05) is 17.6 Å². The van der Waals surface area contributed by atoms with Crippen LogP contribution in [0.15, 0.2) is 34.9 Å². The Morgan fingerprint density at radius 2 is 2.14 bits per heavy atom. The molecule has 0 bridgehead atoms. The molecular formula is C16H20N2O3. The molecule has 2 aromatic rings. The van der Waals surface area contributed by atoms with Crippen LogP contribution in [0.2, 0.25) is 0 Å². The Hall–Kier alpha value is -2.27. The highest BCUT2D eigenvalue weighted by Gasteiger charge is 2.14. The van der Waals surface area contributed by atoms with Gasteiger partial charge >= 0.3 is 5.91 Å². The molecule has 0 aliphatic heterocycles. The Bertz CT molecular complexity index is 632. The zero-order valence-corrected chi connectivity index (χ0v) is 12.5. The first kappa shape index (κ1) is 15.1. The lowest BCUT2D eigenvalue weighted by Crippen LogP contribution is -2.30. The highest BCUT2D eigenvalue weighted by atomic mass is 16.5. The number of rotatable bonds is 5. The number of nitrogens with one attached hydrogen (secondary N) is 1. The van der Waals surface area contributed by atoms with Crippen molar-refractivity contribution < 1.29 is 13.9 Å². The van der Waals surface area contributed by atoms with Crippen LogP contribution in [-0.4, -0.2) is 5.91 Å². The van der Waals surface area contributed by atoms with E-state index in [1.54, 1.807) is 6.07 Å². The molecule has 21 heavy (non-hydrogen) atoms. The Morgan fingerprint density at radius 3 is 2.76 bits per heavy atom. The summed E-state index contributed by atoms with van der Waals surface area (Å²) in [7, 11) is 0. The standard InChI is InChI=1S/C16H20N2O3/c1-10(2)14-5-4-13(8-11(14)3)21-9-12-6-7-20-15(12)16(19)18-17/h4-8,10H,9,17H2,1-3H3,(H,18,19). The molecule has 0 atom stereocenters. The number of benzene rings is 1. The molecule has 5 heteroatoms. The van der Waals surface area contributed by atoms with Gasteiger partial charge < -0.3 is 9.15 Å². The Kier molecular flexibility index (Phi) is 4.65. The summed E-state index contributed by atoms with van der Waals surface area (Å²) in [5, 5.41) is 0. The molecule has 0 aliphatic rings. The highest BCUT2D eigenvalue weighted by molar-refractivity contribution is 5.92. The number of hydrazine groups is 1. The van der Waals surface area contributed by atoms with Crippen LogP contribution >= 0.6 is 0 Å². The van der Waals surface area contributed by atoms with Crippen LogP contribution in [0.1, 0.15) is 47.0 Å². The quantitative estimate of drug-likeness (QED) is 0.504. The van der Waals surface area contributed by atoms with Crippen LogP contribution in [0.4, 0.5) is 0 Å². The fraction of sp³-hybridized carbons (Fsp3) is 0.312. The summed E-state index contributed by atoms with van der Waals surface area (Å²) < 4.78 is 10.8. The molecule has 0 fully saturated rings. The van der Waals surface area contributed by atoms with Gasteiger partial charge in [-0.25, -0.2) is 5.84 Å². The zero-order chi connectivity index (χ0) is 15.4. The van der Waals surface area contributed by atoms with Crippen LogP contribution < -0.4 is 16.0 Å². The summed E-state index contributed by atoms with van der Waals surface area (Å²) in [5.41, 5.74) is 5.19. The van der Waals surface area contributed by atoms with E-state index in [9.17, 15) is 4.79 Å². The molecule has 112 valence electrons. The van der Waals surface area contributed by atoms with E-state index < -0.39 is 5.91 Å². The van der Waals surface area contributed by atoms with Gasteiger partial charge in [-0.15, -0.1) is 0 Å². The molecule has 1 aromatic carbocycles. The lowest BCUT2D eigenvalue weighted by molar-refractivity contribution is 0.0922. The molecule has 0 spiro atoms. The molecule has 1 heterocycles. The third-order valence-corrected chi connectivity index (χ3v) is 3.34. The number of amides is 1. The van der Waals surface area contributed by atoms with Crippen molar-refractivity contribution >= 4 is 5.91 Å². The van der Waals surface area contributed by atoms with E-state index in [1.165, 1.54) is 17.4 Å². The summed E-state index contributed by atoms with van der Waals surface area (Å²) >= 11 is 0. The third kappa shape index (κ3) is 3.44. The minimum absolute atomic E-state index is 0.174. The number of nitrogens with two attached hydrogens (primary N) is 1. The molecule has 1 amide bonds. The van der Waals surface area contributed by atoms with Crippen molar-refractivity contribution in [3.63, 3.8) is 0 Å². The lowest BCUT2D eigenvalue weighted by Gasteiger charge is -2.12. The van der Waals surface area contributed by atoms with Crippen LogP contribution in [0.3, 0.4) is 0 Å². The number of ether oxygens (including phenoxy) is 1. The number of furan rings is 1. The summed E-state index contributed by atoms with van der Waals surface area (Å²) in [6.45, 7) is 6.63. The average Bonchev–Trinajstić information content (AvgIpc) is 2.92. The monoisotopic (exact) mass is 288 g/mol. The Balaban J connectivity index is 2.09. The fourth-order valence-electron chi connectivity index (χ4n) is 2.26. The van der Waals surface area contributed by atoms with Crippen molar-refractivity contribution in [2.75, 3.05) is 0 Å². The second-order valence-electron chi connectivity index (χ2n) is 5.21. The van der Waals surface area contributed by atoms with Crippen LogP contribution in [0.25, 0.3) is 0 Å². The van der Waals surface area contributed by atoms with E-state index in [4.69, 9.17) is 15.0 Å². The summed E-state index contributed by atoms with van der Waals surface area (Å²) in [4.78, 5) is 11.5. The maximum atomic E-state index is 11.5. The molecule has 0 saturated heterocycles. The van der Waals surface area contributed by atoms with Gasteiger partial charge in [0, 0.05) is 5.56 Å². The van der Waals surface area contributed by atoms with E-state index in [0.717, 1.165) is 5.75 Å². The predicted molar refractivity (Wildman–Crippen MR) is 80.0 cm³/mol. The normalized spacial score (nSPS) is 10.7. The first-order chi connectivity index (χ1) is 10.0. The lowest BCUT2D eigenvalue weighted by atomic mass is 9.98. The van der Waals surface area contributed by atoms with Crippen LogP contribution in [0, 0.1) is 6.92 Å². The van der Waals surface area contributed by atoms with Gasteiger partial charge in [-0.2, -0.15) is 0 Å². The number of nitrogen functional groups attached to an aromatic ring is 1. The van der Waals surface area contributed by atoms with E-state index >= 15 is 0 Å². The molecule has 3 N–H and O–H groups in total. The zero-order valence-electron chi connectivity index (χ0n) is 12.5. The fourth-order valence-corrected chi connectivity index (χ4v) is 2.26. The minimum Gasteiger partial charge on any atom is -0.489 e. The molecule has 0 unspecified atom stereocenters. The largest absolute Gasteiger partial charge is 0.489 e. The van der Waals surface area contributed by atoms with Gasteiger partial charge in [0.1, 0.15) is 12.4 Å². The molecule has 5 nitrogen and oxygen atoms in total. The number of carbonyl (C=O) groups excluding carboxylic acids is 1. The van der Waals surface area contributed by atoms with Crippen molar-refractivity contribution in [2.45, 2.75) is 33.3 Å². The topological polar surface area (TPSA) is 77.5 Å². The van der Waals surface area contributed by atoms with Gasteiger partial charge in [0.05, 0.1) is 6.26 Å². The predicted octanol–water partition coefficient (Wildman–Crippen LogP) is 2.89. The second kappa shape index (κ2) is 6.45. The summed E-state index contributed by atoms with van der Waals surface area (Å²) in [6, 6.07) is 7.70. The smallest absolute Gasteiger partial charge is 0.301 e. The van der Waals surface area contributed by atoms with Gasteiger partial charge in [0.25, 0.3) is 0 Å². The van der Waals surface area contributed by atoms with Crippen molar-refractivity contribution in [1.29, 1.82) is 0 Å². The minimum atomic E-state index is -0.468. The Morgan fingerprint density at radius 1 is 1.38 bits per heavy atom. The second-order valence-corrected chi connectivity index (χ2v) is 5.21. The van der Waals surface area contributed by atoms with Crippen molar-refractivity contribution in [3.05, 3.63) is 53.0 Å². The van der Waals surface area contributed by atoms with Crippen LogP contribution in [0.5, 0.6) is 5.75 Å². The van der Waals surface area contributed by atoms with E-state index in [-0.39, 0.29) is 12.4 Å². The maximum Gasteiger partial charge on any atom is 0.301 e. The van der Waals surface area contributed by atoms with Crippen molar-refractivity contribution in [1.82, 2.24) is 5.43 Å².